The molecule has 0 saturated carbocycles. The van der Waals surface area contributed by atoms with Gasteiger partial charge < -0.3 is 10.2 Å². The summed E-state index contributed by atoms with van der Waals surface area (Å²) in [6.45, 7) is 3.81. The smallest absolute Gasteiger partial charge is 0.180 e. The Kier molecular flexibility index (Phi) is 2.43. The van der Waals surface area contributed by atoms with E-state index in [4.69, 9.17) is 16.7 Å². The first-order valence-corrected chi connectivity index (χ1v) is 3.98. The number of nitrogens with zero attached hydrogens (tertiary/aromatic N) is 1. The highest BCUT2D eigenvalue weighted by molar-refractivity contribution is 6.32. The zero-order valence-electron chi connectivity index (χ0n) is 6.87. The van der Waals surface area contributed by atoms with Crippen LogP contribution in [-0.2, 0) is 0 Å². The van der Waals surface area contributed by atoms with Crippen LogP contribution in [0, 0.1) is 0 Å². The van der Waals surface area contributed by atoms with Crippen molar-refractivity contribution >= 4 is 11.6 Å². The molecule has 1 aromatic heterocycles. The van der Waals surface area contributed by atoms with Crippen molar-refractivity contribution in [3.05, 3.63) is 16.9 Å². The minimum absolute atomic E-state index is 0.129. The zero-order chi connectivity index (χ0) is 9.30. The first kappa shape index (κ1) is 9.13. The minimum atomic E-state index is -0.296. The van der Waals surface area contributed by atoms with E-state index in [0.29, 0.717) is 5.69 Å². The molecule has 1 heterocycles. The van der Waals surface area contributed by atoms with E-state index >= 15 is 0 Å². The summed E-state index contributed by atoms with van der Waals surface area (Å²) in [5.74, 6) is -0.455. The quantitative estimate of drug-likeness (QED) is 0.709. The van der Waals surface area contributed by atoms with Crippen molar-refractivity contribution in [3.63, 3.8) is 0 Å². The van der Waals surface area contributed by atoms with Crippen molar-refractivity contribution in [2.45, 2.75) is 19.8 Å². The molecule has 0 aromatic carbocycles. The third kappa shape index (κ3) is 1.46. The SMILES string of the molecule is CC(C)c1ncc(O)c(O)c1Cl. The molecular weight excluding hydrogens is 178 g/mol. The Balaban J connectivity index is 3.27. The first-order valence-electron chi connectivity index (χ1n) is 3.60. The van der Waals surface area contributed by atoms with E-state index in [1.807, 2.05) is 13.8 Å². The van der Waals surface area contributed by atoms with Gasteiger partial charge in [-0.3, -0.25) is 4.98 Å². The molecule has 0 amide bonds. The number of halogens is 1. The minimum Gasteiger partial charge on any atom is -0.503 e. The third-order valence-electron chi connectivity index (χ3n) is 1.55. The van der Waals surface area contributed by atoms with Crippen LogP contribution >= 0.6 is 11.6 Å². The van der Waals surface area contributed by atoms with Crippen molar-refractivity contribution in [1.29, 1.82) is 0 Å². The van der Waals surface area contributed by atoms with Crippen LogP contribution in [0.15, 0.2) is 6.20 Å². The van der Waals surface area contributed by atoms with Crippen molar-refractivity contribution < 1.29 is 10.2 Å². The van der Waals surface area contributed by atoms with Crippen LogP contribution in [0.2, 0.25) is 5.02 Å². The third-order valence-corrected chi connectivity index (χ3v) is 1.92. The molecule has 0 bridgehead atoms. The molecule has 0 spiro atoms. The fourth-order valence-electron chi connectivity index (χ4n) is 0.885. The van der Waals surface area contributed by atoms with E-state index in [-0.39, 0.29) is 22.4 Å². The van der Waals surface area contributed by atoms with Gasteiger partial charge in [0, 0.05) is 0 Å². The molecule has 0 saturated heterocycles. The molecule has 2 N–H and O–H groups in total. The average molecular weight is 188 g/mol. The molecule has 0 aliphatic heterocycles. The largest absolute Gasteiger partial charge is 0.503 e. The fraction of sp³-hybridized carbons (Fsp3) is 0.375. The number of aromatic hydroxyl groups is 2. The molecule has 0 aliphatic carbocycles. The molecule has 4 heteroatoms. The highest BCUT2D eigenvalue weighted by Gasteiger charge is 2.13. The van der Waals surface area contributed by atoms with Crippen LogP contribution in [0.1, 0.15) is 25.5 Å². The topological polar surface area (TPSA) is 53.4 Å². The van der Waals surface area contributed by atoms with Crippen LogP contribution in [0.5, 0.6) is 11.5 Å². The van der Waals surface area contributed by atoms with E-state index in [9.17, 15) is 5.11 Å². The van der Waals surface area contributed by atoms with Gasteiger partial charge in [-0.05, 0) is 5.92 Å². The highest BCUT2D eigenvalue weighted by atomic mass is 35.5. The molecular formula is C8H10ClNO2. The summed E-state index contributed by atoms with van der Waals surface area (Å²) in [4.78, 5) is 3.90. The molecule has 0 radical (unpaired) electrons. The Morgan fingerprint density at radius 3 is 2.50 bits per heavy atom. The van der Waals surface area contributed by atoms with Crippen molar-refractivity contribution in [2.75, 3.05) is 0 Å². The van der Waals surface area contributed by atoms with Gasteiger partial charge in [0.25, 0.3) is 0 Å². The molecule has 0 unspecified atom stereocenters. The van der Waals surface area contributed by atoms with Gasteiger partial charge in [-0.15, -0.1) is 0 Å². The Hall–Kier alpha value is -0.960. The van der Waals surface area contributed by atoms with Gasteiger partial charge in [-0.2, -0.15) is 0 Å². The maximum Gasteiger partial charge on any atom is 0.180 e. The summed E-state index contributed by atoms with van der Waals surface area (Å²) in [5.41, 5.74) is 0.590. The van der Waals surface area contributed by atoms with Gasteiger partial charge in [0.2, 0.25) is 0 Å². The maximum absolute atomic E-state index is 9.21. The van der Waals surface area contributed by atoms with E-state index in [1.165, 1.54) is 6.20 Å². The summed E-state index contributed by atoms with van der Waals surface area (Å²) >= 11 is 5.72. The molecule has 0 aliphatic rings. The number of hydrogen-bond donors (Lipinski definition) is 2. The van der Waals surface area contributed by atoms with Crippen LogP contribution in [0.25, 0.3) is 0 Å². The Morgan fingerprint density at radius 1 is 1.42 bits per heavy atom. The summed E-state index contributed by atoms with van der Waals surface area (Å²) in [7, 11) is 0. The van der Waals surface area contributed by atoms with Crippen LogP contribution < -0.4 is 0 Å². The molecule has 0 fully saturated rings. The Bertz CT molecular complexity index is 299. The van der Waals surface area contributed by atoms with Gasteiger partial charge in [0.1, 0.15) is 5.02 Å². The predicted molar refractivity (Wildman–Crippen MR) is 46.7 cm³/mol. The van der Waals surface area contributed by atoms with Gasteiger partial charge >= 0.3 is 0 Å². The molecule has 1 rings (SSSR count). The Morgan fingerprint density at radius 2 is 2.00 bits per heavy atom. The zero-order valence-corrected chi connectivity index (χ0v) is 7.63. The second-order valence-corrected chi connectivity index (χ2v) is 3.22. The molecule has 3 nitrogen and oxygen atoms in total. The lowest BCUT2D eigenvalue weighted by Crippen LogP contribution is -1.93. The van der Waals surface area contributed by atoms with Gasteiger partial charge in [-0.25, -0.2) is 0 Å². The van der Waals surface area contributed by atoms with Crippen LogP contribution in [-0.4, -0.2) is 15.2 Å². The van der Waals surface area contributed by atoms with Gasteiger partial charge in [-0.1, -0.05) is 25.4 Å². The van der Waals surface area contributed by atoms with E-state index in [0.717, 1.165) is 0 Å². The number of pyridine rings is 1. The van der Waals surface area contributed by atoms with Crippen molar-refractivity contribution in [3.8, 4) is 11.5 Å². The normalized spacial score (nSPS) is 10.7. The maximum atomic E-state index is 9.21. The average Bonchev–Trinajstić information content (AvgIpc) is 2.00. The lowest BCUT2D eigenvalue weighted by Gasteiger charge is -2.08. The van der Waals surface area contributed by atoms with E-state index in [1.54, 1.807) is 0 Å². The first-order chi connectivity index (χ1) is 5.54. The molecule has 12 heavy (non-hydrogen) atoms. The summed E-state index contributed by atoms with van der Waals surface area (Å²) in [6.07, 6.45) is 1.19. The van der Waals surface area contributed by atoms with Crippen molar-refractivity contribution in [1.82, 2.24) is 4.98 Å². The fourth-order valence-corrected chi connectivity index (χ4v) is 1.25. The molecule has 66 valence electrons. The number of aromatic nitrogens is 1. The number of hydrogen-bond acceptors (Lipinski definition) is 3. The number of rotatable bonds is 1. The second-order valence-electron chi connectivity index (χ2n) is 2.85. The molecule has 0 atom stereocenters. The molecule has 1 aromatic rings. The predicted octanol–water partition coefficient (Wildman–Crippen LogP) is 2.27. The lowest BCUT2D eigenvalue weighted by molar-refractivity contribution is 0.400. The van der Waals surface area contributed by atoms with Crippen molar-refractivity contribution in [2.24, 2.45) is 0 Å². The standard InChI is InChI=1S/C8H10ClNO2/c1-4(2)7-6(9)8(12)5(11)3-10-7/h3-4,11H,1-2H3,(H,10,12). The highest BCUT2D eigenvalue weighted by Crippen LogP contribution is 2.36. The monoisotopic (exact) mass is 187 g/mol. The van der Waals surface area contributed by atoms with Gasteiger partial charge in [0.05, 0.1) is 11.9 Å². The van der Waals surface area contributed by atoms with Crippen LogP contribution in [0.3, 0.4) is 0 Å². The Labute approximate surface area is 75.6 Å². The van der Waals surface area contributed by atoms with E-state index < -0.39 is 0 Å². The summed E-state index contributed by atoms with van der Waals surface area (Å²) in [6, 6.07) is 0. The summed E-state index contributed by atoms with van der Waals surface area (Å²) < 4.78 is 0. The second kappa shape index (κ2) is 3.19. The van der Waals surface area contributed by atoms with Crippen LogP contribution in [0.4, 0.5) is 0 Å². The van der Waals surface area contributed by atoms with E-state index in [2.05, 4.69) is 4.98 Å². The van der Waals surface area contributed by atoms with Gasteiger partial charge in [0.15, 0.2) is 11.5 Å². The summed E-state index contributed by atoms with van der Waals surface area (Å²) in [5, 5.41) is 18.4. The lowest BCUT2D eigenvalue weighted by atomic mass is 10.1.